The van der Waals surface area contributed by atoms with Crippen molar-refractivity contribution in [2.45, 2.75) is 38.8 Å². The molecule has 3 aromatic rings. The average molecular weight is 475 g/mol. The van der Waals surface area contributed by atoms with E-state index in [1.807, 2.05) is 72.8 Å². The van der Waals surface area contributed by atoms with Gasteiger partial charge in [0.25, 0.3) is 5.91 Å². The van der Waals surface area contributed by atoms with Crippen LogP contribution < -0.4 is 14.8 Å². The summed E-state index contributed by atoms with van der Waals surface area (Å²) >= 11 is 0. The van der Waals surface area contributed by atoms with Crippen molar-refractivity contribution in [3.63, 3.8) is 0 Å². The molecule has 6 nitrogen and oxygen atoms in total. The van der Waals surface area contributed by atoms with Crippen LogP contribution in [0.25, 0.3) is 0 Å². The van der Waals surface area contributed by atoms with Crippen LogP contribution in [0, 0.1) is 0 Å². The number of carbonyl (C=O) groups is 2. The highest BCUT2D eigenvalue weighted by Gasteiger charge is 2.30. The van der Waals surface area contributed by atoms with Gasteiger partial charge in [-0.3, -0.25) is 9.59 Å². The van der Waals surface area contributed by atoms with Gasteiger partial charge in [0.1, 0.15) is 6.04 Å². The Morgan fingerprint density at radius 1 is 0.857 bits per heavy atom. The van der Waals surface area contributed by atoms with Gasteiger partial charge >= 0.3 is 0 Å². The standard InChI is InChI=1S/C29H34N2O4/c1-3-4-19-30-29(33)25(20-23-13-7-5-8-14-23)31(21-24-15-9-6-10-16-24)28(32)22-35-27-18-12-11-17-26(27)34-2/h5-18,25H,3-4,19-22H2,1-2H3,(H,30,33). The van der Waals surface area contributed by atoms with Crippen molar-refractivity contribution in [2.75, 3.05) is 20.3 Å². The number of benzene rings is 3. The molecule has 1 N–H and O–H groups in total. The van der Waals surface area contributed by atoms with Gasteiger partial charge in [0, 0.05) is 19.5 Å². The van der Waals surface area contributed by atoms with Gasteiger partial charge in [-0.1, -0.05) is 86.1 Å². The lowest BCUT2D eigenvalue weighted by Crippen LogP contribution is -2.51. The van der Waals surface area contributed by atoms with Crippen LogP contribution in [0.4, 0.5) is 0 Å². The fourth-order valence-electron chi connectivity index (χ4n) is 3.80. The Kier molecular flexibility index (Phi) is 10.2. The summed E-state index contributed by atoms with van der Waals surface area (Å²) in [6.07, 6.45) is 2.27. The molecule has 0 bridgehead atoms. The molecule has 3 rings (SSSR count). The highest BCUT2D eigenvalue weighted by atomic mass is 16.5. The zero-order valence-electron chi connectivity index (χ0n) is 20.5. The Bertz CT molecular complexity index is 1060. The molecular formula is C29H34N2O4. The van der Waals surface area contributed by atoms with E-state index in [2.05, 4.69) is 12.2 Å². The molecule has 0 aromatic heterocycles. The van der Waals surface area contributed by atoms with Gasteiger partial charge in [0.15, 0.2) is 18.1 Å². The van der Waals surface area contributed by atoms with E-state index in [-0.39, 0.29) is 18.4 Å². The second kappa shape index (κ2) is 13.8. The topological polar surface area (TPSA) is 67.9 Å². The first-order chi connectivity index (χ1) is 17.1. The van der Waals surface area contributed by atoms with Crippen LogP contribution in [0.3, 0.4) is 0 Å². The quantitative estimate of drug-likeness (QED) is 0.367. The molecule has 0 fully saturated rings. The molecule has 6 heteroatoms. The Morgan fingerprint density at radius 2 is 1.46 bits per heavy atom. The smallest absolute Gasteiger partial charge is 0.261 e. The van der Waals surface area contributed by atoms with E-state index in [0.717, 1.165) is 24.0 Å². The van der Waals surface area contributed by atoms with Gasteiger partial charge in [-0.2, -0.15) is 0 Å². The van der Waals surface area contributed by atoms with E-state index in [4.69, 9.17) is 9.47 Å². The minimum absolute atomic E-state index is 0.163. The lowest BCUT2D eigenvalue weighted by Gasteiger charge is -2.31. The molecule has 0 aliphatic rings. The fourth-order valence-corrected chi connectivity index (χ4v) is 3.80. The van der Waals surface area contributed by atoms with Crippen molar-refractivity contribution in [1.82, 2.24) is 10.2 Å². The van der Waals surface area contributed by atoms with Crippen LogP contribution in [-0.4, -0.2) is 43.0 Å². The minimum Gasteiger partial charge on any atom is -0.493 e. The van der Waals surface area contributed by atoms with Crippen molar-refractivity contribution >= 4 is 11.8 Å². The second-order valence-corrected chi connectivity index (χ2v) is 8.30. The molecule has 0 spiro atoms. The lowest BCUT2D eigenvalue weighted by atomic mass is 10.0. The predicted molar refractivity (Wildman–Crippen MR) is 137 cm³/mol. The van der Waals surface area contributed by atoms with Crippen LogP contribution in [0.1, 0.15) is 30.9 Å². The highest BCUT2D eigenvalue weighted by molar-refractivity contribution is 5.88. The van der Waals surface area contributed by atoms with Crippen LogP contribution in [-0.2, 0) is 22.6 Å². The predicted octanol–water partition coefficient (Wildman–Crippen LogP) is 4.63. The second-order valence-electron chi connectivity index (χ2n) is 8.30. The molecule has 35 heavy (non-hydrogen) atoms. The Morgan fingerprint density at radius 3 is 2.09 bits per heavy atom. The summed E-state index contributed by atoms with van der Waals surface area (Å²) < 4.78 is 11.2. The largest absolute Gasteiger partial charge is 0.493 e. The van der Waals surface area contributed by atoms with Crippen LogP contribution in [0.15, 0.2) is 84.9 Å². The summed E-state index contributed by atoms with van der Waals surface area (Å²) in [6, 6.07) is 26.0. The average Bonchev–Trinajstić information content (AvgIpc) is 2.90. The summed E-state index contributed by atoms with van der Waals surface area (Å²) in [5, 5.41) is 3.02. The van der Waals surface area contributed by atoms with Crippen molar-refractivity contribution in [3.05, 3.63) is 96.1 Å². The van der Waals surface area contributed by atoms with E-state index in [1.54, 1.807) is 24.1 Å². The first kappa shape index (κ1) is 25.8. The van der Waals surface area contributed by atoms with Crippen LogP contribution in [0.2, 0.25) is 0 Å². The molecule has 0 saturated heterocycles. The number of nitrogens with one attached hydrogen (secondary N) is 1. The van der Waals surface area contributed by atoms with Gasteiger partial charge in [-0.15, -0.1) is 0 Å². The van der Waals surface area contributed by atoms with Crippen molar-refractivity contribution < 1.29 is 19.1 Å². The number of amides is 2. The van der Waals surface area contributed by atoms with Crippen LogP contribution in [0.5, 0.6) is 11.5 Å². The molecule has 184 valence electrons. The van der Waals surface area contributed by atoms with Gasteiger partial charge in [0.05, 0.1) is 7.11 Å². The molecule has 0 aliphatic heterocycles. The monoisotopic (exact) mass is 474 g/mol. The molecular weight excluding hydrogens is 440 g/mol. The summed E-state index contributed by atoms with van der Waals surface area (Å²) in [5.41, 5.74) is 1.93. The third kappa shape index (κ3) is 7.88. The number of unbranched alkanes of at least 4 members (excludes halogenated alkanes) is 1. The van der Waals surface area contributed by atoms with E-state index in [1.165, 1.54) is 0 Å². The zero-order valence-corrected chi connectivity index (χ0v) is 20.5. The minimum atomic E-state index is -0.678. The summed E-state index contributed by atoms with van der Waals surface area (Å²) in [4.78, 5) is 28.6. The zero-order chi connectivity index (χ0) is 24.9. The van der Waals surface area contributed by atoms with E-state index in [9.17, 15) is 9.59 Å². The van der Waals surface area contributed by atoms with Gasteiger partial charge in [-0.05, 0) is 29.7 Å². The maximum atomic E-state index is 13.6. The molecule has 0 radical (unpaired) electrons. The molecule has 2 amide bonds. The highest BCUT2D eigenvalue weighted by Crippen LogP contribution is 2.26. The number of carbonyl (C=O) groups excluding carboxylic acids is 2. The van der Waals surface area contributed by atoms with E-state index >= 15 is 0 Å². The van der Waals surface area contributed by atoms with Crippen molar-refractivity contribution in [3.8, 4) is 11.5 Å². The van der Waals surface area contributed by atoms with Gasteiger partial charge in [-0.25, -0.2) is 0 Å². The number of methoxy groups -OCH3 is 1. The number of rotatable bonds is 13. The molecule has 1 atom stereocenters. The molecule has 0 aliphatic carbocycles. The van der Waals surface area contributed by atoms with E-state index < -0.39 is 6.04 Å². The van der Waals surface area contributed by atoms with Gasteiger partial charge in [0.2, 0.25) is 5.91 Å². The van der Waals surface area contributed by atoms with Gasteiger partial charge < -0.3 is 19.7 Å². The molecule has 1 unspecified atom stereocenters. The fraction of sp³-hybridized carbons (Fsp3) is 0.310. The molecule has 0 heterocycles. The lowest BCUT2D eigenvalue weighted by molar-refractivity contribution is -0.142. The summed E-state index contributed by atoms with van der Waals surface area (Å²) in [6.45, 7) is 2.74. The Balaban J connectivity index is 1.87. The number of hydrogen-bond acceptors (Lipinski definition) is 4. The normalized spacial score (nSPS) is 11.4. The summed E-state index contributed by atoms with van der Waals surface area (Å²) in [5.74, 6) is 0.596. The first-order valence-electron chi connectivity index (χ1n) is 12.0. The van der Waals surface area contributed by atoms with Crippen LogP contribution >= 0.6 is 0 Å². The Labute approximate surface area is 207 Å². The van der Waals surface area contributed by atoms with Crippen molar-refractivity contribution in [1.29, 1.82) is 0 Å². The molecule has 0 saturated carbocycles. The number of para-hydroxylation sites is 2. The van der Waals surface area contributed by atoms with Crippen molar-refractivity contribution in [2.24, 2.45) is 0 Å². The number of hydrogen-bond donors (Lipinski definition) is 1. The maximum Gasteiger partial charge on any atom is 0.261 e. The number of nitrogens with zero attached hydrogens (tertiary/aromatic N) is 1. The molecule has 3 aromatic carbocycles. The third-order valence-corrected chi connectivity index (χ3v) is 5.72. The SMILES string of the molecule is CCCCNC(=O)C(Cc1ccccc1)N(Cc1ccccc1)C(=O)COc1ccccc1OC. The first-order valence-corrected chi connectivity index (χ1v) is 12.0. The maximum absolute atomic E-state index is 13.6. The number of ether oxygens (including phenoxy) is 2. The summed E-state index contributed by atoms with van der Waals surface area (Å²) in [7, 11) is 1.56. The Hall–Kier alpha value is -3.80. The third-order valence-electron chi connectivity index (χ3n) is 5.72. The van der Waals surface area contributed by atoms with E-state index in [0.29, 0.717) is 31.0 Å².